The molecule has 0 spiro atoms. The van der Waals surface area contributed by atoms with Crippen LogP contribution >= 0.6 is 11.6 Å². The summed E-state index contributed by atoms with van der Waals surface area (Å²) in [6.45, 7) is 3.78. The lowest BCUT2D eigenvalue weighted by Gasteiger charge is -2.32. The Morgan fingerprint density at radius 2 is 2.00 bits per heavy atom. The largest absolute Gasteiger partial charge is 0.440 e. The van der Waals surface area contributed by atoms with Crippen molar-refractivity contribution in [3.05, 3.63) is 52.9 Å². The van der Waals surface area contributed by atoms with Crippen molar-refractivity contribution in [3.63, 3.8) is 0 Å². The van der Waals surface area contributed by atoms with Crippen molar-refractivity contribution in [1.29, 1.82) is 0 Å². The number of furan rings is 1. The second-order valence-electron chi connectivity index (χ2n) is 6.56. The van der Waals surface area contributed by atoms with E-state index >= 15 is 0 Å². The molecule has 0 aliphatic carbocycles. The number of anilines is 1. The van der Waals surface area contributed by atoms with Gasteiger partial charge < -0.3 is 20.0 Å². The van der Waals surface area contributed by atoms with Crippen molar-refractivity contribution >= 4 is 29.2 Å². The molecule has 7 heteroatoms. The predicted octanol–water partition coefficient (Wildman–Crippen LogP) is 3.92. The normalized spacial score (nSPS) is 17.0. The highest BCUT2D eigenvalue weighted by atomic mass is 35.5. The minimum absolute atomic E-state index is 0.161. The molecule has 2 N–H and O–H groups in total. The van der Waals surface area contributed by atoms with Crippen LogP contribution in [0.15, 0.2) is 40.8 Å². The number of amides is 3. The molecular weight excluding hydrogens is 354 g/mol. The fraction of sp³-hybridized carbons (Fsp3) is 0.368. The van der Waals surface area contributed by atoms with Gasteiger partial charge in [-0.3, -0.25) is 4.79 Å². The highest BCUT2D eigenvalue weighted by Crippen LogP contribution is 2.20. The van der Waals surface area contributed by atoms with Crippen LogP contribution in [0, 0.1) is 12.8 Å². The number of piperidine rings is 1. The molecule has 6 nitrogen and oxygen atoms in total. The van der Waals surface area contributed by atoms with E-state index in [0.29, 0.717) is 19.6 Å². The average Bonchev–Trinajstić information content (AvgIpc) is 3.08. The molecule has 1 fully saturated rings. The van der Waals surface area contributed by atoms with Crippen LogP contribution < -0.4 is 10.6 Å². The number of hydrogen-bond donors (Lipinski definition) is 2. The Kier molecular flexibility index (Phi) is 5.83. The van der Waals surface area contributed by atoms with E-state index in [4.69, 9.17) is 16.0 Å². The predicted molar refractivity (Wildman–Crippen MR) is 101 cm³/mol. The Morgan fingerprint density at radius 3 is 2.69 bits per heavy atom. The molecule has 1 unspecified atom stereocenters. The van der Waals surface area contributed by atoms with Gasteiger partial charge in [0.2, 0.25) is 0 Å². The van der Waals surface area contributed by atoms with Crippen LogP contribution in [-0.4, -0.2) is 36.5 Å². The number of carbonyl (C=O) groups is 2. The minimum atomic E-state index is -0.241. The van der Waals surface area contributed by atoms with Crippen molar-refractivity contribution in [2.45, 2.75) is 19.8 Å². The Morgan fingerprint density at radius 1 is 1.23 bits per heavy atom. The van der Waals surface area contributed by atoms with Crippen LogP contribution in [-0.2, 0) is 0 Å². The first-order chi connectivity index (χ1) is 12.5. The Labute approximate surface area is 157 Å². The van der Waals surface area contributed by atoms with E-state index in [2.05, 4.69) is 10.6 Å². The van der Waals surface area contributed by atoms with E-state index in [1.807, 2.05) is 31.2 Å². The molecule has 1 aromatic heterocycles. The molecule has 3 rings (SSSR count). The summed E-state index contributed by atoms with van der Waals surface area (Å²) in [6.07, 6.45) is 1.86. The molecule has 1 aliphatic rings. The van der Waals surface area contributed by atoms with Gasteiger partial charge in [-0.2, -0.15) is 0 Å². The molecule has 26 heavy (non-hydrogen) atoms. The van der Waals surface area contributed by atoms with Crippen molar-refractivity contribution in [1.82, 2.24) is 10.2 Å². The van der Waals surface area contributed by atoms with Crippen molar-refractivity contribution < 1.29 is 14.0 Å². The van der Waals surface area contributed by atoms with E-state index in [-0.39, 0.29) is 28.8 Å². The topological polar surface area (TPSA) is 74.6 Å². The lowest BCUT2D eigenvalue weighted by Crippen LogP contribution is -2.44. The molecule has 138 valence electrons. The number of nitrogens with zero attached hydrogens (tertiary/aromatic N) is 1. The maximum absolute atomic E-state index is 12.4. The first-order valence-corrected chi connectivity index (χ1v) is 9.05. The summed E-state index contributed by atoms with van der Waals surface area (Å²) in [5.41, 5.74) is 1.89. The smallest absolute Gasteiger partial charge is 0.319 e. The van der Waals surface area contributed by atoms with Crippen LogP contribution in [0.25, 0.3) is 0 Å². The Balaban J connectivity index is 1.48. The lowest BCUT2D eigenvalue weighted by atomic mass is 9.98. The molecule has 0 saturated carbocycles. The number of aryl methyl sites for hydroxylation is 1. The summed E-state index contributed by atoms with van der Waals surface area (Å²) in [7, 11) is 0. The minimum Gasteiger partial charge on any atom is -0.440 e. The third-order valence-electron chi connectivity index (χ3n) is 4.45. The maximum Gasteiger partial charge on any atom is 0.319 e. The number of halogens is 1. The maximum atomic E-state index is 12.4. The number of benzene rings is 1. The van der Waals surface area contributed by atoms with Crippen LogP contribution in [0.4, 0.5) is 10.5 Å². The van der Waals surface area contributed by atoms with Crippen LogP contribution in [0.5, 0.6) is 0 Å². The highest BCUT2D eigenvalue weighted by Gasteiger charge is 2.26. The first-order valence-electron chi connectivity index (χ1n) is 8.67. The zero-order valence-corrected chi connectivity index (χ0v) is 15.4. The number of rotatable bonds is 4. The monoisotopic (exact) mass is 375 g/mol. The molecule has 2 aromatic rings. The molecule has 0 radical (unpaired) electrons. The van der Waals surface area contributed by atoms with Gasteiger partial charge in [-0.05, 0) is 61.5 Å². The number of likely N-dealkylation sites (tertiary alicyclic amines) is 1. The zero-order chi connectivity index (χ0) is 18.5. The molecule has 1 atom stereocenters. The van der Waals surface area contributed by atoms with Crippen molar-refractivity contribution in [3.8, 4) is 0 Å². The Bertz CT molecular complexity index is 773. The van der Waals surface area contributed by atoms with Crippen molar-refractivity contribution in [2.24, 2.45) is 5.92 Å². The van der Waals surface area contributed by atoms with Crippen molar-refractivity contribution in [2.75, 3.05) is 25.0 Å². The molecule has 2 heterocycles. The van der Waals surface area contributed by atoms with Gasteiger partial charge in [0.1, 0.15) is 0 Å². The van der Waals surface area contributed by atoms with Gasteiger partial charge in [0.15, 0.2) is 11.0 Å². The second-order valence-corrected chi connectivity index (χ2v) is 6.94. The average molecular weight is 376 g/mol. The lowest BCUT2D eigenvalue weighted by molar-refractivity contribution is 0.0643. The number of carbonyl (C=O) groups excluding carboxylic acids is 2. The summed E-state index contributed by atoms with van der Waals surface area (Å²) in [5.74, 6) is 0.299. The van der Waals surface area contributed by atoms with Gasteiger partial charge in [-0.25, -0.2) is 4.79 Å². The molecule has 1 saturated heterocycles. The summed E-state index contributed by atoms with van der Waals surface area (Å²) in [6, 6.07) is 10.5. The highest BCUT2D eigenvalue weighted by molar-refractivity contribution is 6.29. The number of nitrogens with one attached hydrogen (secondary N) is 2. The first kappa shape index (κ1) is 18.3. The van der Waals surface area contributed by atoms with Gasteiger partial charge in [-0.15, -0.1) is 0 Å². The van der Waals surface area contributed by atoms with E-state index in [1.54, 1.807) is 17.0 Å². The molecule has 1 aliphatic heterocycles. The van der Waals surface area contributed by atoms with Crippen LogP contribution in [0.2, 0.25) is 5.22 Å². The summed E-state index contributed by atoms with van der Waals surface area (Å²) in [5, 5.41) is 5.90. The van der Waals surface area contributed by atoms with Gasteiger partial charge in [0, 0.05) is 25.3 Å². The van der Waals surface area contributed by atoms with Gasteiger partial charge >= 0.3 is 6.03 Å². The van der Waals surface area contributed by atoms with Gasteiger partial charge in [0.05, 0.1) is 0 Å². The number of hydrogen-bond acceptors (Lipinski definition) is 3. The van der Waals surface area contributed by atoms with E-state index in [1.165, 1.54) is 0 Å². The second kappa shape index (κ2) is 8.27. The summed E-state index contributed by atoms with van der Waals surface area (Å²) in [4.78, 5) is 26.2. The van der Waals surface area contributed by atoms with Gasteiger partial charge in [-0.1, -0.05) is 17.7 Å². The third-order valence-corrected chi connectivity index (χ3v) is 4.65. The van der Waals surface area contributed by atoms with E-state index in [9.17, 15) is 9.59 Å². The van der Waals surface area contributed by atoms with E-state index in [0.717, 1.165) is 24.1 Å². The summed E-state index contributed by atoms with van der Waals surface area (Å²) < 4.78 is 5.20. The van der Waals surface area contributed by atoms with Gasteiger partial charge in [0.25, 0.3) is 5.91 Å². The SMILES string of the molecule is Cc1ccc(NC(=O)NCC2CCCN(C(=O)c3ccc(Cl)o3)C2)cc1. The summed E-state index contributed by atoms with van der Waals surface area (Å²) >= 11 is 5.74. The molecular formula is C19H22ClN3O3. The third kappa shape index (κ3) is 4.79. The molecule has 3 amide bonds. The standard InChI is InChI=1S/C19H22ClN3O3/c1-13-4-6-15(7-5-13)22-19(25)21-11-14-3-2-10-23(12-14)18(24)16-8-9-17(20)26-16/h4-9,14H,2-3,10-12H2,1H3,(H2,21,22,25). The van der Waals surface area contributed by atoms with Crippen LogP contribution in [0.3, 0.4) is 0 Å². The molecule has 1 aromatic carbocycles. The van der Waals surface area contributed by atoms with Crippen LogP contribution in [0.1, 0.15) is 29.0 Å². The number of urea groups is 1. The fourth-order valence-corrected chi connectivity index (χ4v) is 3.20. The molecule has 0 bridgehead atoms. The fourth-order valence-electron chi connectivity index (χ4n) is 3.05. The van der Waals surface area contributed by atoms with E-state index < -0.39 is 0 Å². The zero-order valence-electron chi connectivity index (χ0n) is 14.6. The Hall–Kier alpha value is -2.47. The quantitative estimate of drug-likeness (QED) is 0.850.